The van der Waals surface area contributed by atoms with Gasteiger partial charge in [-0.05, 0) is 13.8 Å². The first-order valence-electron chi connectivity index (χ1n) is 3.01. The highest BCUT2D eigenvalue weighted by Gasteiger charge is 1.98. The van der Waals surface area contributed by atoms with Crippen LogP contribution in [-0.2, 0) is 9.53 Å². The summed E-state index contributed by atoms with van der Waals surface area (Å²) in [7, 11) is 0. The number of carbonyl (C=O) groups is 1. The molecule has 0 aliphatic carbocycles. The highest BCUT2D eigenvalue weighted by Crippen LogP contribution is 1.89. The molecular formula is C7H12N2O2. The maximum absolute atomic E-state index is 10.4. The summed E-state index contributed by atoms with van der Waals surface area (Å²) in [5.74, 6) is -0.312. The van der Waals surface area contributed by atoms with Crippen LogP contribution in [0.25, 0.3) is 0 Å². The van der Waals surface area contributed by atoms with E-state index in [2.05, 4.69) is 11.3 Å². The van der Waals surface area contributed by atoms with E-state index in [0.29, 0.717) is 12.2 Å². The Morgan fingerprint density at radius 1 is 1.64 bits per heavy atom. The fourth-order valence-corrected chi connectivity index (χ4v) is 0.254. The zero-order valence-corrected chi connectivity index (χ0v) is 6.73. The summed E-state index contributed by atoms with van der Waals surface area (Å²) in [6.07, 6.45) is 0. The molecule has 0 aromatic rings. The Balaban J connectivity index is 0. The highest BCUT2D eigenvalue weighted by atomic mass is 16.5. The third-order valence-electron chi connectivity index (χ3n) is 0.624. The largest absolute Gasteiger partial charge is 0.463 e. The zero-order chi connectivity index (χ0) is 9.28. The SMILES string of the molecule is C=C(C)C(=O)OCC.N=C=N. The number of hydrogen-bond acceptors (Lipinski definition) is 4. The monoisotopic (exact) mass is 156 g/mol. The number of ether oxygens (including phenoxy) is 1. The predicted octanol–water partition coefficient (Wildman–Crippen LogP) is 1.44. The predicted molar refractivity (Wildman–Crippen MR) is 41.9 cm³/mol. The molecule has 0 saturated carbocycles. The van der Waals surface area contributed by atoms with Gasteiger partial charge < -0.3 is 4.74 Å². The fourth-order valence-electron chi connectivity index (χ4n) is 0.254. The van der Waals surface area contributed by atoms with Crippen molar-refractivity contribution in [3.05, 3.63) is 12.2 Å². The van der Waals surface area contributed by atoms with Gasteiger partial charge in [-0.3, -0.25) is 0 Å². The van der Waals surface area contributed by atoms with Gasteiger partial charge in [-0.1, -0.05) is 6.58 Å². The van der Waals surface area contributed by atoms with Crippen molar-refractivity contribution in [2.75, 3.05) is 6.61 Å². The molecule has 4 heteroatoms. The molecule has 0 rings (SSSR count). The molecule has 0 radical (unpaired) electrons. The summed E-state index contributed by atoms with van der Waals surface area (Å²) < 4.78 is 4.56. The second-order valence-corrected chi connectivity index (χ2v) is 1.63. The zero-order valence-electron chi connectivity index (χ0n) is 6.73. The van der Waals surface area contributed by atoms with E-state index in [4.69, 9.17) is 10.8 Å². The quantitative estimate of drug-likeness (QED) is 0.360. The van der Waals surface area contributed by atoms with Crippen molar-refractivity contribution in [1.82, 2.24) is 0 Å². The van der Waals surface area contributed by atoms with Crippen LogP contribution in [0.3, 0.4) is 0 Å². The molecule has 0 aliphatic heterocycles. The second kappa shape index (κ2) is 8.59. The third kappa shape index (κ3) is 11.9. The lowest BCUT2D eigenvalue weighted by atomic mass is 10.4. The van der Waals surface area contributed by atoms with Crippen LogP contribution >= 0.6 is 0 Å². The maximum Gasteiger partial charge on any atom is 0.333 e. The number of rotatable bonds is 2. The van der Waals surface area contributed by atoms with E-state index in [1.54, 1.807) is 13.8 Å². The van der Waals surface area contributed by atoms with Crippen LogP contribution in [0.15, 0.2) is 12.2 Å². The molecule has 2 N–H and O–H groups in total. The van der Waals surface area contributed by atoms with Crippen molar-refractivity contribution in [3.63, 3.8) is 0 Å². The fraction of sp³-hybridized carbons (Fsp3) is 0.429. The summed E-state index contributed by atoms with van der Waals surface area (Å²) in [6, 6.07) is 1.25. The molecule has 0 amide bonds. The van der Waals surface area contributed by atoms with Gasteiger partial charge in [0.05, 0.1) is 12.6 Å². The minimum Gasteiger partial charge on any atom is -0.463 e. The van der Waals surface area contributed by atoms with Crippen molar-refractivity contribution in [2.24, 2.45) is 0 Å². The number of carbonyl (C=O) groups excluding carboxylic acids is 1. The van der Waals surface area contributed by atoms with Gasteiger partial charge >= 0.3 is 5.97 Å². The molecule has 0 spiro atoms. The Hall–Kier alpha value is -1.41. The van der Waals surface area contributed by atoms with Crippen LogP contribution in [-0.4, -0.2) is 18.6 Å². The molecule has 0 atom stereocenters. The molecule has 0 heterocycles. The van der Waals surface area contributed by atoms with Crippen molar-refractivity contribution in [3.8, 4) is 0 Å². The first kappa shape index (κ1) is 12.3. The van der Waals surface area contributed by atoms with E-state index in [9.17, 15) is 4.79 Å². The smallest absolute Gasteiger partial charge is 0.333 e. The lowest BCUT2D eigenvalue weighted by Gasteiger charge is -1.96. The molecule has 0 fully saturated rings. The highest BCUT2D eigenvalue weighted by molar-refractivity contribution is 5.86. The van der Waals surface area contributed by atoms with Gasteiger partial charge in [0.15, 0.2) is 0 Å². The van der Waals surface area contributed by atoms with Gasteiger partial charge in [-0.15, -0.1) is 0 Å². The van der Waals surface area contributed by atoms with Gasteiger partial charge in [-0.2, -0.15) is 0 Å². The van der Waals surface area contributed by atoms with E-state index in [1.807, 2.05) is 0 Å². The van der Waals surface area contributed by atoms with Gasteiger partial charge in [-0.25, -0.2) is 15.6 Å². The average molecular weight is 156 g/mol. The molecule has 4 nitrogen and oxygen atoms in total. The molecule has 0 aromatic carbocycles. The Morgan fingerprint density at radius 2 is 2.00 bits per heavy atom. The van der Waals surface area contributed by atoms with Crippen molar-refractivity contribution >= 4 is 12.0 Å². The molecule has 0 unspecified atom stereocenters. The maximum atomic E-state index is 10.4. The Kier molecular flexibility index (Phi) is 9.59. The summed E-state index contributed by atoms with van der Waals surface area (Å²) in [5.41, 5.74) is 0.451. The summed E-state index contributed by atoms with van der Waals surface area (Å²) in [4.78, 5) is 10.4. The Labute approximate surface area is 65.9 Å². The van der Waals surface area contributed by atoms with Crippen molar-refractivity contribution < 1.29 is 9.53 Å². The molecule has 62 valence electrons. The Morgan fingerprint density at radius 3 is 2.09 bits per heavy atom. The van der Waals surface area contributed by atoms with E-state index in [1.165, 1.54) is 6.01 Å². The van der Waals surface area contributed by atoms with E-state index >= 15 is 0 Å². The standard InChI is InChI=1S/C6H10O2.CH2N2/c1-4-8-6(7)5(2)3;2-1-3/h2,4H2,1,3H3;2-3H. The van der Waals surface area contributed by atoms with Crippen LogP contribution in [0.4, 0.5) is 0 Å². The Bertz CT molecular complexity index is 169. The van der Waals surface area contributed by atoms with Gasteiger partial charge in [0.2, 0.25) is 0 Å². The second-order valence-electron chi connectivity index (χ2n) is 1.63. The summed E-state index contributed by atoms with van der Waals surface area (Å²) in [6.45, 7) is 7.21. The van der Waals surface area contributed by atoms with Gasteiger partial charge in [0.1, 0.15) is 0 Å². The third-order valence-corrected chi connectivity index (χ3v) is 0.624. The molecule has 0 aliphatic rings. The van der Waals surface area contributed by atoms with E-state index < -0.39 is 0 Å². The number of nitrogens with one attached hydrogen (secondary N) is 2. The van der Waals surface area contributed by atoms with Crippen LogP contribution in [0, 0.1) is 10.8 Å². The molecule has 0 saturated heterocycles. The van der Waals surface area contributed by atoms with Crippen molar-refractivity contribution in [2.45, 2.75) is 13.8 Å². The summed E-state index contributed by atoms with van der Waals surface area (Å²) >= 11 is 0. The normalized spacial score (nSPS) is 6.73. The number of esters is 1. The van der Waals surface area contributed by atoms with Crippen LogP contribution in [0.5, 0.6) is 0 Å². The minimum absolute atomic E-state index is 0.312. The lowest BCUT2D eigenvalue weighted by molar-refractivity contribution is -0.138. The first-order chi connectivity index (χ1) is 5.09. The van der Waals surface area contributed by atoms with E-state index in [-0.39, 0.29) is 5.97 Å². The molecular weight excluding hydrogens is 144 g/mol. The van der Waals surface area contributed by atoms with Gasteiger partial charge in [0.25, 0.3) is 0 Å². The molecule has 11 heavy (non-hydrogen) atoms. The molecule has 0 bridgehead atoms. The van der Waals surface area contributed by atoms with Gasteiger partial charge in [0, 0.05) is 5.57 Å². The van der Waals surface area contributed by atoms with Crippen LogP contribution in [0.2, 0.25) is 0 Å². The minimum atomic E-state index is -0.312. The van der Waals surface area contributed by atoms with Crippen LogP contribution < -0.4 is 0 Å². The molecule has 0 aromatic heterocycles. The van der Waals surface area contributed by atoms with Crippen molar-refractivity contribution in [1.29, 1.82) is 10.8 Å². The first-order valence-corrected chi connectivity index (χ1v) is 3.01. The topological polar surface area (TPSA) is 74.0 Å². The van der Waals surface area contributed by atoms with E-state index in [0.717, 1.165) is 0 Å². The summed E-state index contributed by atoms with van der Waals surface area (Å²) in [5, 5.41) is 11.2. The average Bonchev–Trinajstić information content (AvgIpc) is 1.90. The number of hydrogen-bond donors (Lipinski definition) is 2. The van der Waals surface area contributed by atoms with Crippen LogP contribution in [0.1, 0.15) is 13.8 Å². The lowest BCUT2D eigenvalue weighted by Crippen LogP contribution is -2.03.